The Bertz CT molecular complexity index is 1230. The van der Waals surface area contributed by atoms with E-state index in [-0.39, 0.29) is 32.2 Å². The molecule has 0 aromatic rings. The zero-order valence-electron chi connectivity index (χ0n) is 41.1. The Morgan fingerprint density at radius 1 is 0.587 bits per heavy atom. The molecule has 3 atom stereocenters. The molecule has 63 heavy (non-hydrogen) atoms. The van der Waals surface area contributed by atoms with E-state index in [1.807, 2.05) is 57.6 Å². The summed E-state index contributed by atoms with van der Waals surface area (Å²) in [5.41, 5.74) is 0. The van der Waals surface area contributed by atoms with Gasteiger partial charge in [-0.2, -0.15) is 0 Å². The summed E-state index contributed by atoms with van der Waals surface area (Å²) in [5.74, 6) is -0.920. The smallest absolute Gasteiger partial charge is 0.306 e. The highest BCUT2D eigenvalue weighted by atomic mass is 31.2. The van der Waals surface area contributed by atoms with Crippen molar-refractivity contribution in [2.45, 2.75) is 225 Å². The summed E-state index contributed by atoms with van der Waals surface area (Å²) in [4.78, 5) is 37.7. The summed E-state index contributed by atoms with van der Waals surface area (Å²) in [6.45, 7) is 4.05. The lowest BCUT2D eigenvalue weighted by molar-refractivity contribution is -0.870. The van der Waals surface area contributed by atoms with Gasteiger partial charge in [-0.05, 0) is 38.5 Å². The normalized spacial score (nSPS) is 14.3. The van der Waals surface area contributed by atoms with Crippen LogP contribution in [-0.4, -0.2) is 81.2 Å². The van der Waals surface area contributed by atoms with Gasteiger partial charge in [0.1, 0.15) is 19.8 Å². The number of hydrogen-bond acceptors (Lipinski definition) is 9. The van der Waals surface area contributed by atoms with Gasteiger partial charge in [0, 0.05) is 12.8 Å². The predicted molar refractivity (Wildman–Crippen MR) is 260 cm³/mol. The number of phosphoric acid groups is 1. The lowest BCUT2D eigenvalue weighted by atomic mass is 10.0. The maximum atomic E-state index is 12.7. The van der Waals surface area contributed by atoms with Gasteiger partial charge in [0.2, 0.25) is 0 Å². The first kappa shape index (κ1) is 60.9. The SMILES string of the molecule is CCCCCCCCCCCCCCCCCCCCCCCC(=O)OC[C@H](COP(=O)([O-])OCC[N+](C)(C)C)OC(=O)CCC/C=C\C/C=C\C/C=C\C=C\[C@@H](O)CCCCC. The summed E-state index contributed by atoms with van der Waals surface area (Å²) in [7, 11) is 1.10. The molecule has 0 amide bonds. The number of aliphatic hydroxyl groups is 1. The molecular formula is C52H96NO9P. The lowest BCUT2D eigenvalue weighted by Gasteiger charge is -2.28. The number of carbonyl (C=O) groups is 2. The van der Waals surface area contributed by atoms with Crippen molar-refractivity contribution in [1.82, 2.24) is 0 Å². The Balaban J connectivity index is 4.34. The van der Waals surface area contributed by atoms with E-state index >= 15 is 0 Å². The first-order chi connectivity index (χ1) is 30.4. The van der Waals surface area contributed by atoms with Crippen LogP contribution in [0.3, 0.4) is 0 Å². The van der Waals surface area contributed by atoms with Gasteiger partial charge in [-0.1, -0.05) is 210 Å². The topological polar surface area (TPSA) is 131 Å². The molecule has 0 aliphatic rings. The second kappa shape index (κ2) is 43.8. The van der Waals surface area contributed by atoms with Crippen LogP contribution in [0, 0.1) is 0 Å². The fourth-order valence-electron chi connectivity index (χ4n) is 6.94. The number of hydrogen-bond donors (Lipinski definition) is 1. The van der Waals surface area contributed by atoms with Gasteiger partial charge in [0.05, 0.1) is 33.9 Å². The van der Waals surface area contributed by atoms with Crippen molar-refractivity contribution in [1.29, 1.82) is 0 Å². The third-order valence-corrected chi connectivity index (χ3v) is 11.9. The Hall–Kier alpha value is -2.07. The Labute approximate surface area is 386 Å². The van der Waals surface area contributed by atoms with Crippen molar-refractivity contribution < 1.29 is 47.2 Å². The van der Waals surface area contributed by atoms with Crippen LogP contribution in [0.25, 0.3) is 0 Å². The van der Waals surface area contributed by atoms with Crippen LogP contribution in [-0.2, 0) is 32.7 Å². The average molecular weight is 910 g/mol. The standard InChI is InChI=1S/C52H96NO9P/c1-6-8-10-11-12-13-14-15-16-17-18-19-20-21-22-23-26-29-32-35-39-43-51(55)59-47-50(48-61-63(57,58)60-46-45-53(3,4)5)62-52(56)44-40-36-33-30-27-24-25-28-31-34-38-42-49(54)41-37-9-7-2/h24-25,30-31,33-34,38,42,49-50,54H,6-23,26-29,32,35-37,39-41,43-48H2,1-5H3/b25-24-,33-30-,34-31-,42-38+/t49-,50+/m0/s1. The van der Waals surface area contributed by atoms with Crippen LogP contribution in [0.2, 0.25) is 0 Å². The largest absolute Gasteiger partial charge is 0.756 e. The Kier molecular flexibility index (Phi) is 42.4. The number of allylic oxidation sites excluding steroid dienone is 7. The summed E-state index contributed by atoms with van der Waals surface area (Å²) >= 11 is 0. The zero-order valence-corrected chi connectivity index (χ0v) is 42.0. The van der Waals surface area contributed by atoms with Gasteiger partial charge < -0.3 is 33.0 Å². The molecule has 0 bridgehead atoms. The van der Waals surface area contributed by atoms with E-state index in [2.05, 4.69) is 26.0 Å². The second-order valence-electron chi connectivity index (χ2n) is 18.4. The van der Waals surface area contributed by atoms with E-state index in [1.54, 1.807) is 0 Å². The minimum Gasteiger partial charge on any atom is -0.756 e. The fraction of sp³-hybridized carbons (Fsp3) is 0.808. The third kappa shape index (κ3) is 47.7. The molecule has 0 saturated heterocycles. The molecular weight excluding hydrogens is 814 g/mol. The number of likely N-dealkylation sites (N-methyl/N-ethyl adjacent to an activating group) is 1. The van der Waals surface area contributed by atoms with Crippen molar-refractivity contribution in [2.24, 2.45) is 0 Å². The predicted octanol–water partition coefficient (Wildman–Crippen LogP) is 13.4. The highest BCUT2D eigenvalue weighted by molar-refractivity contribution is 7.45. The maximum absolute atomic E-state index is 12.7. The number of ether oxygens (including phenoxy) is 2. The van der Waals surface area contributed by atoms with Gasteiger partial charge >= 0.3 is 11.9 Å². The zero-order chi connectivity index (χ0) is 46.5. The average Bonchev–Trinajstić information content (AvgIpc) is 3.23. The van der Waals surface area contributed by atoms with Crippen LogP contribution in [0.4, 0.5) is 0 Å². The summed E-state index contributed by atoms with van der Waals surface area (Å²) in [5, 5.41) is 9.92. The van der Waals surface area contributed by atoms with Crippen molar-refractivity contribution in [3.63, 3.8) is 0 Å². The van der Waals surface area contributed by atoms with Crippen molar-refractivity contribution in [3.8, 4) is 0 Å². The molecule has 1 N–H and O–H groups in total. The van der Waals surface area contributed by atoms with Gasteiger partial charge in [-0.3, -0.25) is 14.2 Å². The number of quaternary nitrogens is 1. The minimum absolute atomic E-state index is 0.0493. The minimum atomic E-state index is -4.66. The molecule has 11 heteroatoms. The number of esters is 2. The molecule has 0 spiro atoms. The molecule has 0 radical (unpaired) electrons. The summed E-state index contributed by atoms with van der Waals surface area (Å²) < 4.78 is 33.9. The molecule has 368 valence electrons. The summed E-state index contributed by atoms with van der Waals surface area (Å²) in [6, 6.07) is 0. The van der Waals surface area contributed by atoms with Crippen molar-refractivity contribution in [3.05, 3.63) is 48.6 Å². The first-order valence-corrected chi connectivity index (χ1v) is 26.9. The highest BCUT2D eigenvalue weighted by Crippen LogP contribution is 2.38. The molecule has 0 aromatic heterocycles. The monoisotopic (exact) mass is 910 g/mol. The van der Waals surface area contributed by atoms with E-state index in [9.17, 15) is 24.2 Å². The van der Waals surface area contributed by atoms with Gasteiger partial charge in [-0.25, -0.2) is 0 Å². The molecule has 0 fully saturated rings. The van der Waals surface area contributed by atoms with Crippen LogP contribution >= 0.6 is 7.82 Å². The third-order valence-electron chi connectivity index (χ3n) is 11.0. The van der Waals surface area contributed by atoms with Crippen molar-refractivity contribution in [2.75, 3.05) is 47.5 Å². The van der Waals surface area contributed by atoms with Crippen LogP contribution in [0.15, 0.2) is 48.6 Å². The Morgan fingerprint density at radius 2 is 1.06 bits per heavy atom. The van der Waals surface area contributed by atoms with E-state index in [0.29, 0.717) is 23.9 Å². The number of unbranched alkanes of at least 4 members (excludes halogenated alkanes) is 23. The highest BCUT2D eigenvalue weighted by Gasteiger charge is 2.21. The number of aliphatic hydroxyl groups excluding tert-OH is 1. The molecule has 0 rings (SSSR count). The van der Waals surface area contributed by atoms with E-state index in [4.69, 9.17) is 18.5 Å². The molecule has 0 aromatic carbocycles. The van der Waals surface area contributed by atoms with Gasteiger partial charge in [-0.15, -0.1) is 0 Å². The van der Waals surface area contributed by atoms with Crippen LogP contribution in [0.5, 0.6) is 0 Å². The number of carbonyl (C=O) groups excluding carboxylic acids is 2. The van der Waals surface area contributed by atoms with Crippen LogP contribution < -0.4 is 4.89 Å². The molecule has 10 nitrogen and oxygen atoms in total. The Morgan fingerprint density at radius 3 is 1.60 bits per heavy atom. The molecule has 0 saturated carbocycles. The number of phosphoric ester groups is 1. The summed E-state index contributed by atoms with van der Waals surface area (Å²) in [6.07, 6.45) is 49.1. The quantitative estimate of drug-likeness (QED) is 0.0158. The van der Waals surface area contributed by atoms with Crippen LogP contribution in [0.1, 0.15) is 213 Å². The molecule has 0 aliphatic carbocycles. The number of rotatable bonds is 46. The molecule has 0 aliphatic heterocycles. The van der Waals surface area contributed by atoms with Gasteiger partial charge in [0.25, 0.3) is 7.82 Å². The van der Waals surface area contributed by atoms with Gasteiger partial charge in [0.15, 0.2) is 6.10 Å². The molecule has 0 heterocycles. The fourth-order valence-corrected chi connectivity index (χ4v) is 7.66. The lowest BCUT2D eigenvalue weighted by Crippen LogP contribution is -2.37. The number of nitrogens with zero attached hydrogens (tertiary/aromatic N) is 1. The van der Waals surface area contributed by atoms with E-state index in [1.165, 1.54) is 116 Å². The second-order valence-corrected chi connectivity index (χ2v) is 19.8. The van der Waals surface area contributed by atoms with E-state index < -0.39 is 32.5 Å². The van der Waals surface area contributed by atoms with Crippen molar-refractivity contribution >= 4 is 19.8 Å². The maximum Gasteiger partial charge on any atom is 0.306 e. The first-order valence-electron chi connectivity index (χ1n) is 25.5. The molecule has 1 unspecified atom stereocenters. The van der Waals surface area contributed by atoms with E-state index in [0.717, 1.165) is 57.8 Å².